The van der Waals surface area contributed by atoms with Crippen LogP contribution in [0.15, 0.2) is 12.3 Å². The molecule has 1 amide bonds. The number of nitrogens with zero attached hydrogens (tertiary/aromatic N) is 3. The predicted octanol–water partition coefficient (Wildman–Crippen LogP) is 0.790. The fourth-order valence-corrected chi connectivity index (χ4v) is 1.44. The van der Waals surface area contributed by atoms with E-state index in [9.17, 15) is 4.79 Å². The summed E-state index contributed by atoms with van der Waals surface area (Å²) in [6, 6.07) is 1.59. The van der Waals surface area contributed by atoms with E-state index in [1.54, 1.807) is 19.2 Å². The van der Waals surface area contributed by atoms with Crippen LogP contribution in [0.3, 0.4) is 0 Å². The van der Waals surface area contributed by atoms with Gasteiger partial charge in [-0.05, 0) is 13.0 Å². The van der Waals surface area contributed by atoms with Gasteiger partial charge in [0.15, 0.2) is 5.65 Å². The Bertz CT molecular complexity index is 519. The van der Waals surface area contributed by atoms with E-state index in [4.69, 9.17) is 17.3 Å². The molecule has 14 heavy (non-hydrogen) atoms. The van der Waals surface area contributed by atoms with Crippen molar-refractivity contribution in [1.29, 1.82) is 0 Å². The molecular weight excluding hydrogens is 204 g/mol. The molecule has 2 rings (SSSR count). The molecule has 5 nitrogen and oxygen atoms in total. The molecule has 0 aromatic carbocycles. The van der Waals surface area contributed by atoms with E-state index in [0.717, 1.165) is 0 Å². The highest BCUT2D eigenvalue weighted by molar-refractivity contribution is 6.29. The number of aryl methyl sites for hydroxylation is 1. The zero-order valence-corrected chi connectivity index (χ0v) is 8.12. The fraction of sp³-hybridized carbons (Fsp3) is 0.125. The SMILES string of the molecule is Cc1nn2ccc(Cl)nc2c1C(N)=O. The molecule has 0 atom stereocenters. The average molecular weight is 211 g/mol. The molecule has 2 N–H and O–H groups in total. The topological polar surface area (TPSA) is 73.3 Å². The summed E-state index contributed by atoms with van der Waals surface area (Å²) in [4.78, 5) is 15.1. The van der Waals surface area contributed by atoms with Gasteiger partial charge in [-0.25, -0.2) is 9.50 Å². The van der Waals surface area contributed by atoms with E-state index in [2.05, 4.69) is 10.1 Å². The van der Waals surface area contributed by atoms with Gasteiger partial charge in [-0.2, -0.15) is 5.10 Å². The number of primary amides is 1. The van der Waals surface area contributed by atoms with Crippen LogP contribution in [0.4, 0.5) is 0 Å². The Morgan fingerprint density at radius 3 is 3.00 bits per heavy atom. The van der Waals surface area contributed by atoms with Gasteiger partial charge in [0.25, 0.3) is 5.91 Å². The maximum absolute atomic E-state index is 11.1. The highest BCUT2D eigenvalue weighted by atomic mass is 35.5. The highest BCUT2D eigenvalue weighted by Crippen LogP contribution is 2.14. The van der Waals surface area contributed by atoms with E-state index < -0.39 is 5.91 Å². The normalized spacial score (nSPS) is 10.7. The van der Waals surface area contributed by atoms with Gasteiger partial charge >= 0.3 is 0 Å². The quantitative estimate of drug-likeness (QED) is 0.708. The van der Waals surface area contributed by atoms with Crippen LogP contribution in [-0.2, 0) is 0 Å². The molecule has 72 valence electrons. The van der Waals surface area contributed by atoms with Crippen LogP contribution in [0.1, 0.15) is 16.1 Å². The minimum Gasteiger partial charge on any atom is -0.365 e. The van der Waals surface area contributed by atoms with Crippen LogP contribution in [0.2, 0.25) is 5.15 Å². The molecule has 2 aromatic rings. The van der Waals surface area contributed by atoms with Crippen molar-refractivity contribution in [3.8, 4) is 0 Å². The predicted molar refractivity (Wildman–Crippen MR) is 51.3 cm³/mol. The van der Waals surface area contributed by atoms with Gasteiger partial charge in [0.05, 0.1) is 5.69 Å². The number of aromatic nitrogens is 3. The highest BCUT2D eigenvalue weighted by Gasteiger charge is 2.15. The molecule has 0 aliphatic rings. The van der Waals surface area contributed by atoms with Crippen molar-refractivity contribution >= 4 is 23.2 Å². The zero-order valence-electron chi connectivity index (χ0n) is 7.36. The Balaban J connectivity index is 2.86. The molecule has 0 saturated carbocycles. The van der Waals surface area contributed by atoms with Crippen molar-refractivity contribution in [3.05, 3.63) is 28.7 Å². The van der Waals surface area contributed by atoms with Crippen molar-refractivity contribution in [2.24, 2.45) is 5.73 Å². The van der Waals surface area contributed by atoms with Gasteiger partial charge in [0, 0.05) is 6.20 Å². The largest absolute Gasteiger partial charge is 0.365 e. The monoisotopic (exact) mass is 210 g/mol. The molecule has 0 bridgehead atoms. The second-order valence-electron chi connectivity index (χ2n) is 2.84. The lowest BCUT2D eigenvalue weighted by Crippen LogP contribution is -2.12. The number of hydrogen-bond donors (Lipinski definition) is 1. The van der Waals surface area contributed by atoms with Crippen molar-refractivity contribution in [2.45, 2.75) is 6.92 Å². The first-order chi connectivity index (χ1) is 6.59. The van der Waals surface area contributed by atoms with E-state index >= 15 is 0 Å². The van der Waals surface area contributed by atoms with Gasteiger partial charge in [0.2, 0.25) is 0 Å². The van der Waals surface area contributed by atoms with Crippen LogP contribution >= 0.6 is 11.6 Å². The number of halogens is 1. The van der Waals surface area contributed by atoms with E-state index in [1.165, 1.54) is 4.52 Å². The number of amides is 1. The Morgan fingerprint density at radius 2 is 2.36 bits per heavy atom. The van der Waals surface area contributed by atoms with Crippen molar-refractivity contribution in [1.82, 2.24) is 14.6 Å². The van der Waals surface area contributed by atoms with Crippen LogP contribution < -0.4 is 5.73 Å². The maximum atomic E-state index is 11.1. The first-order valence-electron chi connectivity index (χ1n) is 3.91. The van der Waals surface area contributed by atoms with Gasteiger partial charge in [-0.15, -0.1) is 0 Å². The maximum Gasteiger partial charge on any atom is 0.254 e. The molecular formula is C8H7ClN4O. The second-order valence-corrected chi connectivity index (χ2v) is 3.23. The summed E-state index contributed by atoms with van der Waals surface area (Å²) in [5.41, 5.74) is 6.45. The minimum absolute atomic E-state index is 0.305. The van der Waals surface area contributed by atoms with E-state index in [-0.39, 0.29) is 0 Å². The molecule has 0 fully saturated rings. The molecule has 0 aliphatic heterocycles. The van der Waals surface area contributed by atoms with Gasteiger partial charge < -0.3 is 5.73 Å². The summed E-state index contributed by atoms with van der Waals surface area (Å²) >= 11 is 5.70. The summed E-state index contributed by atoms with van der Waals surface area (Å²) in [5.74, 6) is -0.549. The summed E-state index contributed by atoms with van der Waals surface area (Å²) in [7, 11) is 0. The molecule has 0 spiro atoms. The second kappa shape index (κ2) is 2.95. The van der Waals surface area contributed by atoms with Crippen molar-refractivity contribution in [3.63, 3.8) is 0 Å². The number of nitrogens with two attached hydrogens (primary N) is 1. The molecule has 6 heteroatoms. The fourth-order valence-electron chi connectivity index (χ4n) is 1.31. The summed E-state index contributed by atoms with van der Waals surface area (Å²) < 4.78 is 1.47. The zero-order chi connectivity index (χ0) is 10.3. The third-order valence-electron chi connectivity index (χ3n) is 1.87. The van der Waals surface area contributed by atoms with Crippen molar-refractivity contribution < 1.29 is 4.79 Å². The van der Waals surface area contributed by atoms with Crippen LogP contribution in [0, 0.1) is 6.92 Å². The van der Waals surface area contributed by atoms with Gasteiger partial charge in [0.1, 0.15) is 10.7 Å². The third kappa shape index (κ3) is 1.22. The third-order valence-corrected chi connectivity index (χ3v) is 2.08. The number of carbonyl (C=O) groups excluding carboxylic acids is 1. The number of hydrogen-bond acceptors (Lipinski definition) is 3. The van der Waals surface area contributed by atoms with Gasteiger partial charge in [-0.3, -0.25) is 4.79 Å². The first-order valence-corrected chi connectivity index (χ1v) is 4.28. The molecule has 0 radical (unpaired) electrons. The molecule has 0 aliphatic carbocycles. The Hall–Kier alpha value is -1.62. The van der Waals surface area contributed by atoms with Gasteiger partial charge in [-0.1, -0.05) is 11.6 Å². The molecule has 2 heterocycles. The van der Waals surface area contributed by atoms with Crippen LogP contribution in [0.25, 0.3) is 5.65 Å². The summed E-state index contributed by atoms with van der Waals surface area (Å²) in [5, 5.41) is 4.38. The lowest BCUT2D eigenvalue weighted by atomic mass is 10.2. The molecule has 0 saturated heterocycles. The van der Waals surface area contributed by atoms with Crippen molar-refractivity contribution in [2.75, 3.05) is 0 Å². The Kier molecular flexibility index (Phi) is 1.89. The smallest absolute Gasteiger partial charge is 0.254 e. The lowest BCUT2D eigenvalue weighted by Gasteiger charge is -1.94. The summed E-state index contributed by atoms with van der Waals surface area (Å²) in [6.07, 6.45) is 1.63. The summed E-state index contributed by atoms with van der Waals surface area (Å²) in [6.45, 7) is 1.70. The average Bonchev–Trinajstić information content (AvgIpc) is 2.40. The van der Waals surface area contributed by atoms with Crippen LogP contribution in [-0.4, -0.2) is 20.5 Å². The number of carbonyl (C=O) groups is 1. The molecule has 0 unspecified atom stereocenters. The Morgan fingerprint density at radius 1 is 1.64 bits per heavy atom. The van der Waals surface area contributed by atoms with E-state index in [1.807, 2.05) is 0 Å². The lowest BCUT2D eigenvalue weighted by molar-refractivity contribution is 0.100. The Labute approximate surface area is 84.5 Å². The first kappa shape index (κ1) is 8.96. The number of fused-ring (bicyclic) bond motifs is 1. The van der Waals surface area contributed by atoms with E-state index in [0.29, 0.717) is 22.1 Å². The minimum atomic E-state index is -0.549. The standard InChI is InChI=1S/C8H7ClN4O/c1-4-6(7(10)14)8-11-5(9)2-3-13(8)12-4/h2-3H,1H3,(H2,10,14). The molecule has 2 aromatic heterocycles. The number of rotatable bonds is 1. The van der Waals surface area contributed by atoms with Crippen LogP contribution in [0.5, 0.6) is 0 Å².